The van der Waals surface area contributed by atoms with Gasteiger partial charge in [0.15, 0.2) is 5.75 Å². The van der Waals surface area contributed by atoms with Crippen LogP contribution in [0, 0.1) is 0 Å². The molecule has 1 aromatic rings. The minimum atomic E-state index is -4.93. The number of nitrogens with zero attached hydrogens (tertiary/aromatic N) is 1. The Labute approximate surface area is 106 Å². The molecule has 0 atom stereocenters. The molecule has 19 heavy (non-hydrogen) atoms. The van der Waals surface area contributed by atoms with E-state index in [2.05, 4.69) is 14.5 Å². The smallest absolute Gasteiger partial charge is 0.491 e. The molecular formula is C10H11F3N2O4. The van der Waals surface area contributed by atoms with Crippen LogP contribution in [-0.2, 0) is 11.3 Å². The second-order valence-corrected chi connectivity index (χ2v) is 3.23. The summed E-state index contributed by atoms with van der Waals surface area (Å²) in [6, 6.07) is 0. The summed E-state index contributed by atoms with van der Waals surface area (Å²) in [5, 5.41) is 0. The van der Waals surface area contributed by atoms with Crippen molar-refractivity contribution in [2.45, 2.75) is 12.9 Å². The highest BCUT2D eigenvalue weighted by Gasteiger charge is 2.34. The highest BCUT2D eigenvalue weighted by Crippen LogP contribution is 2.34. The molecule has 1 aromatic heterocycles. The molecule has 0 bridgehead atoms. The van der Waals surface area contributed by atoms with Gasteiger partial charge in [-0.25, -0.2) is 9.78 Å². The largest absolute Gasteiger partial charge is 0.574 e. The predicted octanol–water partition coefficient (Wildman–Crippen LogP) is 1.23. The van der Waals surface area contributed by atoms with Crippen molar-refractivity contribution in [3.05, 3.63) is 17.3 Å². The fourth-order valence-corrected chi connectivity index (χ4v) is 1.39. The highest BCUT2D eigenvalue weighted by molar-refractivity contribution is 5.91. The quantitative estimate of drug-likeness (QED) is 0.835. The SMILES string of the molecule is COC(=O)c1cnc(OC(F)(F)F)c(OC)c1CN. The number of ether oxygens (including phenoxy) is 3. The van der Waals surface area contributed by atoms with Gasteiger partial charge in [-0.2, -0.15) is 0 Å². The van der Waals surface area contributed by atoms with Crippen molar-refractivity contribution in [1.82, 2.24) is 4.98 Å². The fourth-order valence-electron chi connectivity index (χ4n) is 1.39. The summed E-state index contributed by atoms with van der Waals surface area (Å²) in [5.41, 5.74) is 5.33. The number of aromatic nitrogens is 1. The van der Waals surface area contributed by atoms with Crippen LogP contribution in [0.25, 0.3) is 0 Å². The molecule has 0 fully saturated rings. The molecule has 0 spiro atoms. The molecule has 9 heteroatoms. The molecular weight excluding hydrogens is 269 g/mol. The maximum absolute atomic E-state index is 12.2. The summed E-state index contributed by atoms with van der Waals surface area (Å²) < 4.78 is 49.5. The summed E-state index contributed by atoms with van der Waals surface area (Å²) in [6.07, 6.45) is -4.05. The van der Waals surface area contributed by atoms with Crippen LogP contribution in [0.1, 0.15) is 15.9 Å². The Kier molecular flexibility index (Phi) is 4.54. The zero-order valence-corrected chi connectivity index (χ0v) is 10.1. The van der Waals surface area contributed by atoms with Crippen molar-refractivity contribution in [2.24, 2.45) is 5.73 Å². The van der Waals surface area contributed by atoms with Crippen LogP contribution in [0.4, 0.5) is 13.2 Å². The van der Waals surface area contributed by atoms with Gasteiger partial charge in [0.2, 0.25) is 0 Å². The topological polar surface area (TPSA) is 83.7 Å². The van der Waals surface area contributed by atoms with E-state index in [0.717, 1.165) is 20.4 Å². The summed E-state index contributed by atoms with van der Waals surface area (Å²) in [6.45, 7) is -0.246. The lowest BCUT2D eigenvalue weighted by Crippen LogP contribution is -2.20. The van der Waals surface area contributed by atoms with Crippen LogP contribution in [0.15, 0.2) is 6.20 Å². The molecule has 106 valence electrons. The van der Waals surface area contributed by atoms with E-state index in [-0.39, 0.29) is 23.4 Å². The Morgan fingerprint density at radius 3 is 2.47 bits per heavy atom. The maximum atomic E-state index is 12.2. The summed E-state index contributed by atoms with van der Waals surface area (Å²) in [5.74, 6) is -1.96. The lowest BCUT2D eigenvalue weighted by Gasteiger charge is -2.15. The van der Waals surface area contributed by atoms with E-state index < -0.39 is 18.2 Å². The molecule has 0 aliphatic carbocycles. The van der Waals surface area contributed by atoms with E-state index in [4.69, 9.17) is 10.5 Å². The van der Waals surface area contributed by atoms with Crippen LogP contribution in [0.5, 0.6) is 11.6 Å². The Hall–Kier alpha value is -2.03. The van der Waals surface area contributed by atoms with Crippen molar-refractivity contribution in [1.29, 1.82) is 0 Å². The van der Waals surface area contributed by atoms with Crippen LogP contribution in [0.2, 0.25) is 0 Å². The number of pyridine rings is 1. The highest BCUT2D eigenvalue weighted by atomic mass is 19.4. The number of halogens is 3. The van der Waals surface area contributed by atoms with E-state index in [9.17, 15) is 18.0 Å². The molecule has 0 saturated heterocycles. The van der Waals surface area contributed by atoms with E-state index in [1.807, 2.05) is 0 Å². The van der Waals surface area contributed by atoms with Crippen molar-refractivity contribution < 1.29 is 32.2 Å². The first-order valence-corrected chi connectivity index (χ1v) is 4.94. The van der Waals surface area contributed by atoms with Crippen molar-refractivity contribution in [2.75, 3.05) is 14.2 Å². The second kappa shape index (κ2) is 5.74. The fraction of sp³-hybridized carbons (Fsp3) is 0.400. The van der Waals surface area contributed by atoms with E-state index in [1.54, 1.807) is 0 Å². The van der Waals surface area contributed by atoms with Gasteiger partial charge in [-0.15, -0.1) is 13.2 Å². The standard InChI is InChI=1S/C10H11F3N2O4/c1-17-7-5(3-14)6(9(16)18-2)4-15-8(7)19-10(11,12)13/h4H,3,14H2,1-2H3. The van der Waals surface area contributed by atoms with E-state index >= 15 is 0 Å². The third-order valence-electron chi connectivity index (χ3n) is 2.13. The minimum absolute atomic E-state index is 0.0172. The number of alkyl halides is 3. The number of carbonyl (C=O) groups excluding carboxylic acids is 1. The number of rotatable bonds is 4. The lowest BCUT2D eigenvalue weighted by atomic mass is 10.1. The maximum Gasteiger partial charge on any atom is 0.574 e. The Bertz CT molecular complexity index is 477. The molecule has 0 amide bonds. The van der Waals surface area contributed by atoms with Crippen molar-refractivity contribution >= 4 is 5.97 Å². The van der Waals surface area contributed by atoms with Gasteiger partial charge in [0.25, 0.3) is 5.88 Å². The molecule has 6 nitrogen and oxygen atoms in total. The average molecular weight is 280 g/mol. The predicted molar refractivity (Wildman–Crippen MR) is 56.7 cm³/mol. The molecule has 2 N–H and O–H groups in total. The first-order chi connectivity index (χ1) is 8.84. The number of methoxy groups -OCH3 is 2. The Morgan fingerprint density at radius 1 is 1.42 bits per heavy atom. The van der Waals surface area contributed by atoms with Crippen LogP contribution < -0.4 is 15.2 Å². The van der Waals surface area contributed by atoms with Gasteiger partial charge in [0.05, 0.1) is 19.8 Å². The van der Waals surface area contributed by atoms with Crippen LogP contribution >= 0.6 is 0 Å². The van der Waals surface area contributed by atoms with Crippen molar-refractivity contribution in [3.8, 4) is 11.6 Å². The van der Waals surface area contributed by atoms with E-state index in [0.29, 0.717) is 0 Å². The Morgan fingerprint density at radius 2 is 2.05 bits per heavy atom. The molecule has 1 rings (SSSR count). The Balaban J connectivity index is 3.34. The number of carbonyl (C=O) groups is 1. The van der Waals surface area contributed by atoms with E-state index in [1.165, 1.54) is 0 Å². The van der Waals surface area contributed by atoms with Gasteiger partial charge in [0.1, 0.15) is 0 Å². The van der Waals surface area contributed by atoms with Gasteiger partial charge >= 0.3 is 12.3 Å². The van der Waals surface area contributed by atoms with Gasteiger partial charge < -0.3 is 19.9 Å². The van der Waals surface area contributed by atoms with Crippen molar-refractivity contribution in [3.63, 3.8) is 0 Å². The van der Waals surface area contributed by atoms with Crippen LogP contribution in [-0.4, -0.2) is 31.5 Å². The summed E-state index contributed by atoms with van der Waals surface area (Å²) >= 11 is 0. The van der Waals surface area contributed by atoms with Gasteiger partial charge in [-0.1, -0.05) is 0 Å². The average Bonchev–Trinajstić information content (AvgIpc) is 2.35. The zero-order chi connectivity index (χ0) is 14.6. The third-order valence-corrected chi connectivity index (χ3v) is 2.13. The number of esters is 1. The molecule has 0 aliphatic heterocycles. The third kappa shape index (κ3) is 3.47. The molecule has 0 aliphatic rings. The van der Waals surface area contributed by atoms with Crippen LogP contribution in [0.3, 0.4) is 0 Å². The summed E-state index contributed by atoms with van der Waals surface area (Å²) in [4.78, 5) is 14.8. The minimum Gasteiger partial charge on any atom is -0.491 e. The first kappa shape index (κ1) is 15.0. The van der Waals surface area contributed by atoms with Gasteiger partial charge in [-0.3, -0.25) is 0 Å². The lowest BCUT2D eigenvalue weighted by molar-refractivity contribution is -0.276. The molecule has 0 aromatic carbocycles. The molecule has 1 heterocycles. The monoisotopic (exact) mass is 280 g/mol. The molecule has 0 unspecified atom stereocenters. The molecule has 0 radical (unpaired) electrons. The van der Waals surface area contributed by atoms with Gasteiger partial charge in [-0.05, 0) is 0 Å². The van der Waals surface area contributed by atoms with Gasteiger partial charge in [0, 0.05) is 18.3 Å². The number of hydrogen-bond donors (Lipinski definition) is 1. The second-order valence-electron chi connectivity index (χ2n) is 3.23. The molecule has 0 saturated carbocycles. The number of nitrogens with two attached hydrogens (primary N) is 1. The normalized spacial score (nSPS) is 11.1. The first-order valence-electron chi connectivity index (χ1n) is 4.94. The zero-order valence-electron chi connectivity index (χ0n) is 10.1. The summed E-state index contributed by atoms with van der Waals surface area (Å²) in [7, 11) is 2.23. The number of hydrogen-bond acceptors (Lipinski definition) is 6.